The minimum atomic E-state index is -0.655. The van der Waals surface area contributed by atoms with Gasteiger partial charge in [0.15, 0.2) is 5.69 Å². The molecule has 0 aliphatic heterocycles. The molecule has 1 aromatic carbocycles. The SMILES string of the molecule is CCCCN(C(=O)c1cc2c(C)nn(-c3ccccc3)c2s1)c1c(N)n(CCCC)c(=O)[nH]c1=O. The number of hydrogen-bond donors (Lipinski definition) is 2. The maximum absolute atomic E-state index is 13.8. The van der Waals surface area contributed by atoms with Crippen LogP contribution >= 0.6 is 11.3 Å². The molecule has 0 radical (unpaired) electrons. The minimum Gasteiger partial charge on any atom is -0.383 e. The van der Waals surface area contributed by atoms with Crippen molar-refractivity contribution in [2.75, 3.05) is 17.2 Å². The van der Waals surface area contributed by atoms with Crippen molar-refractivity contribution in [1.29, 1.82) is 0 Å². The highest BCUT2D eigenvalue weighted by Gasteiger charge is 2.27. The highest BCUT2D eigenvalue weighted by atomic mass is 32.1. The summed E-state index contributed by atoms with van der Waals surface area (Å²) in [6.45, 7) is 6.60. The second kappa shape index (κ2) is 10.3. The van der Waals surface area contributed by atoms with Gasteiger partial charge in [-0.2, -0.15) is 5.10 Å². The summed E-state index contributed by atoms with van der Waals surface area (Å²) in [5.41, 5.74) is 6.85. The Hall–Kier alpha value is -3.66. The Bertz CT molecular complexity index is 1460. The fraction of sp³-hybridized carbons (Fsp3) is 0.360. The Labute approximate surface area is 206 Å². The Morgan fingerprint density at radius 1 is 1.14 bits per heavy atom. The quantitative estimate of drug-likeness (QED) is 0.363. The number of nitrogens with zero attached hydrogens (tertiary/aromatic N) is 4. The summed E-state index contributed by atoms with van der Waals surface area (Å²) in [7, 11) is 0. The summed E-state index contributed by atoms with van der Waals surface area (Å²) in [5, 5.41) is 5.52. The van der Waals surface area contributed by atoms with Gasteiger partial charge < -0.3 is 5.73 Å². The number of carbonyl (C=O) groups is 1. The Balaban J connectivity index is 1.81. The monoisotopic (exact) mass is 494 g/mol. The van der Waals surface area contributed by atoms with Crippen molar-refractivity contribution in [3.05, 3.63) is 67.8 Å². The molecule has 4 rings (SSSR count). The van der Waals surface area contributed by atoms with E-state index in [0.29, 0.717) is 24.4 Å². The van der Waals surface area contributed by atoms with Crippen molar-refractivity contribution >= 4 is 39.0 Å². The van der Waals surface area contributed by atoms with E-state index in [4.69, 9.17) is 5.73 Å². The number of H-pyrrole nitrogens is 1. The molecule has 0 atom stereocenters. The van der Waals surface area contributed by atoms with Gasteiger partial charge in [-0.15, -0.1) is 11.3 Å². The van der Waals surface area contributed by atoms with Gasteiger partial charge in [0.25, 0.3) is 11.5 Å². The lowest BCUT2D eigenvalue weighted by Gasteiger charge is -2.24. The lowest BCUT2D eigenvalue weighted by atomic mass is 10.2. The van der Waals surface area contributed by atoms with Crippen LogP contribution in [0.5, 0.6) is 0 Å². The van der Waals surface area contributed by atoms with E-state index in [0.717, 1.165) is 40.9 Å². The first-order chi connectivity index (χ1) is 16.9. The van der Waals surface area contributed by atoms with Gasteiger partial charge in [-0.05, 0) is 38.0 Å². The third-order valence-corrected chi connectivity index (χ3v) is 7.05. The number of amides is 1. The number of para-hydroxylation sites is 1. The van der Waals surface area contributed by atoms with E-state index in [1.54, 1.807) is 0 Å². The number of fused-ring (bicyclic) bond motifs is 1. The third kappa shape index (κ3) is 4.66. The Kier molecular flexibility index (Phi) is 7.20. The van der Waals surface area contributed by atoms with Crippen LogP contribution in [-0.4, -0.2) is 31.8 Å². The lowest BCUT2D eigenvalue weighted by Crippen LogP contribution is -2.41. The number of nitrogens with two attached hydrogens (primary N) is 1. The molecule has 0 unspecified atom stereocenters. The molecular weight excluding hydrogens is 464 g/mol. The number of hydrogen-bond acceptors (Lipinski definition) is 6. The van der Waals surface area contributed by atoms with Crippen molar-refractivity contribution in [1.82, 2.24) is 19.3 Å². The summed E-state index contributed by atoms with van der Waals surface area (Å²) in [5.74, 6) is -0.305. The molecule has 9 nitrogen and oxygen atoms in total. The van der Waals surface area contributed by atoms with E-state index in [-0.39, 0.29) is 17.4 Å². The van der Waals surface area contributed by atoms with Crippen molar-refractivity contribution in [2.24, 2.45) is 0 Å². The van der Waals surface area contributed by atoms with Crippen LogP contribution in [0.3, 0.4) is 0 Å². The number of thiophene rings is 1. The van der Waals surface area contributed by atoms with E-state index < -0.39 is 11.2 Å². The number of unbranched alkanes of at least 4 members (excludes halogenated alkanes) is 2. The van der Waals surface area contributed by atoms with Gasteiger partial charge >= 0.3 is 5.69 Å². The molecule has 184 valence electrons. The smallest absolute Gasteiger partial charge is 0.330 e. The number of aromatic amines is 1. The van der Waals surface area contributed by atoms with Crippen molar-refractivity contribution in [3.63, 3.8) is 0 Å². The summed E-state index contributed by atoms with van der Waals surface area (Å²) in [6.07, 6.45) is 3.09. The van der Waals surface area contributed by atoms with Gasteiger partial charge in [0.2, 0.25) is 0 Å². The molecule has 0 aliphatic carbocycles. The van der Waals surface area contributed by atoms with E-state index in [1.807, 2.05) is 61.9 Å². The minimum absolute atomic E-state index is 0.0180. The highest BCUT2D eigenvalue weighted by Crippen LogP contribution is 2.32. The van der Waals surface area contributed by atoms with Gasteiger partial charge in [0.05, 0.1) is 16.3 Å². The molecule has 3 N–H and O–H groups in total. The maximum Gasteiger partial charge on any atom is 0.330 e. The first kappa shape index (κ1) is 24.5. The van der Waals surface area contributed by atoms with E-state index in [2.05, 4.69) is 10.1 Å². The molecular formula is C25H30N6O3S. The van der Waals surface area contributed by atoms with Gasteiger partial charge in [-0.3, -0.25) is 24.0 Å². The molecule has 1 amide bonds. The van der Waals surface area contributed by atoms with Crippen LogP contribution in [-0.2, 0) is 6.54 Å². The fourth-order valence-electron chi connectivity index (χ4n) is 4.04. The first-order valence-corrected chi connectivity index (χ1v) is 12.7. The Morgan fingerprint density at radius 2 is 1.86 bits per heavy atom. The third-order valence-electron chi connectivity index (χ3n) is 5.96. The zero-order chi connectivity index (χ0) is 25.1. The number of anilines is 2. The molecule has 0 saturated carbocycles. The van der Waals surface area contributed by atoms with E-state index in [9.17, 15) is 14.4 Å². The fourth-order valence-corrected chi connectivity index (χ4v) is 5.17. The summed E-state index contributed by atoms with van der Waals surface area (Å²) >= 11 is 1.32. The normalized spacial score (nSPS) is 11.3. The van der Waals surface area contributed by atoms with Crippen LogP contribution < -0.4 is 21.9 Å². The number of rotatable bonds is 9. The molecule has 0 spiro atoms. The summed E-state index contributed by atoms with van der Waals surface area (Å²) in [6, 6.07) is 11.6. The standard InChI is InChI=1S/C25H30N6O3S/c1-4-6-13-29(20-21(26)30(14-7-5-2)25(34)27-22(20)32)23(33)19-15-18-16(3)28-31(24(18)35-19)17-11-9-8-10-12-17/h8-12,15H,4-7,13-14,26H2,1-3H3,(H,27,32,34). The average Bonchev–Trinajstić information content (AvgIpc) is 3.41. The van der Waals surface area contributed by atoms with Crippen LogP contribution in [0, 0.1) is 6.92 Å². The first-order valence-electron chi connectivity index (χ1n) is 11.9. The van der Waals surface area contributed by atoms with Crippen LogP contribution in [0.4, 0.5) is 11.5 Å². The molecule has 10 heteroatoms. The zero-order valence-electron chi connectivity index (χ0n) is 20.2. The molecule has 0 bridgehead atoms. The van der Waals surface area contributed by atoms with E-state index in [1.165, 1.54) is 20.8 Å². The second-order valence-electron chi connectivity index (χ2n) is 8.47. The van der Waals surface area contributed by atoms with Crippen molar-refractivity contribution < 1.29 is 4.79 Å². The topological polar surface area (TPSA) is 119 Å². The molecule has 3 heterocycles. The average molecular weight is 495 g/mol. The van der Waals surface area contributed by atoms with Crippen LogP contribution in [0.15, 0.2) is 46.0 Å². The van der Waals surface area contributed by atoms with Crippen LogP contribution in [0.2, 0.25) is 0 Å². The predicted molar refractivity (Wildman–Crippen MR) is 141 cm³/mol. The molecule has 4 aromatic rings. The molecule has 3 aromatic heterocycles. The predicted octanol–water partition coefficient (Wildman–Crippen LogP) is 4.07. The number of aromatic nitrogens is 4. The summed E-state index contributed by atoms with van der Waals surface area (Å²) < 4.78 is 3.17. The second-order valence-corrected chi connectivity index (χ2v) is 9.50. The van der Waals surface area contributed by atoms with Crippen molar-refractivity contribution in [2.45, 2.75) is 53.0 Å². The van der Waals surface area contributed by atoms with Gasteiger partial charge in [0, 0.05) is 18.5 Å². The number of benzene rings is 1. The Morgan fingerprint density at radius 3 is 2.54 bits per heavy atom. The highest BCUT2D eigenvalue weighted by molar-refractivity contribution is 7.20. The molecule has 0 saturated heterocycles. The molecule has 0 aliphatic rings. The van der Waals surface area contributed by atoms with Crippen LogP contribution in [0.25, 0.3) is 15.9 Å². The number of aryl methyl sites for hydroxylation is 1. The van der Waals surface area contributed by atoms with Gasteiger partial charge in [0.1, 0.15) is 10.6 Å². The lowest BCUT2D eigenvalue weighted by molar-refractivity contribution is 0.0990. The number of carbonyl (C=O) groups excluding carboxylic acids is 1. The number of nitrogens with one attached hydrogen (secondary N) is 1. The number of nitrogen functional groups attached to an aromatic ring is 1. The van der Waals surface area contributed by atoms with E-state index >= 15 is 0 Å². The van der Waals surface area contributed by atoms with Crippen LogP contribution in [0.1, 0.15) is 54.9 Å². The zero-order valence-corrected chi connectivity index (χ0v) is 21.0. The maximum atomic E-state index is 13.8. The van der Waals surface area contributed by atoms with Gasteiger partial charge in [-0.25, -0.2) is 9.48 Å². The molecule has 0 fully saturated rings. The molecule has 35 heavy (non-hydrogen) atoms. The van der Waals surface area contributed by atoms with Crippen molar-refractivity contribution in [3.8, 4) is 5.69 Å². The largest absolute Gasteiger partial charge is 0.383 e. The van der Waals surface area contributed by atoms with Gasteiger partial charge in [-0.1, -0.05) is 44.9 Å². The summed E-state index contributed by atoms with van der Waals surface area (Å²) in [4.78, 5) is 44.2.